The van der Waals surface area contributed by atoms with E-state index in [1.165, 1.54) is 11.1 Å². The Bertz CT molecular complexity index is 632. The molecule has 0 radical (unpaired) electrons. The number of nitrogens with one attached hydrogen (secondary N) is 1. The van der Waals surface area contributed by atoms with Crippen molar-refractivity contribution >= 4 is 5.69 Å². The molecule has 0 saturated heterocycles. The molecule has 0 amide bonds. The molecule has 3 rings (SSSR count). The summed E-state index contributed by atoms with van der Waals surface area (Å²) in [6.07, 6.45) is 0.960. The van der Waals surface area contributed by atoms with Gasteiger partial charge in [-0.2, -0.15) is 0 Å². The van der Waals surface area contributed by atoms with Crippen molar-refractivity contribution in [1.82, 2.24) is 0 Å². The van der Waals surface area contributed by atoms with Gasteiger partial charge in [0.25, 0.3) is 0 Å². The number of hydrogen-bond acceptors (Lipinski definition) is 3. The van der Waals surface area contributed by atoms with Crippen molar-refractivity contribution in [2.75, 3.05) is 5.32 Å². The fourth-order valence-corrected chi connectivity index (χ4v) is 2.70. The minimum absolute atomic E-state index is 0.0842. The van der Waals surface area contributed by atoms with E-state index < -0.39 is 0 Å². The van der Waals surface area contributed by atoms with E-state index in [4.69, 9.17) is 9.84 Å². The highest BCUT2D eigenvalue weighted by atomic mass is 16.5. The summed E-state index contributed by atoms with van der Waals surface area (Å²) in [5.74, 6) is 1.01. The standard InChI is InChI=1S/C18H21NO2/c1-18(2)10-15-9-14(5-8-17(15)21-18)11-19-16-6-3-13(12-20)4-7-16/h3-9,19-20H,10-12H2,1-2H3. The minimum Gasteiger partial charge on any atom is -0.487 e. The second-order valence-corrected chi connectivity index (χ2v) is 6.19. The fourth-order valence-electron chi connectivity index (χ4n) is 2.70. The van der Waals surface area contributed by atoms with E-state index in [-0.39, 0.29) is 12.2 Å². The van der Waals surface area contributed by atoms with Crippen molar-refractivity contribution < 1.29 is 9.84 Å². The van der Waals surface area contributed by atoms with Crippen LogP contribution in [0.3, 0.4) is 0 Å². The van der Waals surface area contributed by atoms with Crippen molar-refractivity contribution in [3.05, 3.63) is 59.2 Å². The van der Waals surface area contributed by atoms with Crippen LogP contribution in [0.25, 0.3) is 0 Å². The summed E-state index contributed by atoms with van der Waals surface area (Å²) >= 11 is 0. The quantitative estimate of drug-likeness (QED) is 0.902. The van der Waals surface area contributed by atoms with Gasteiger partial charge in [-0.1, -0.05) is 24.3 Å². The second kappa shape index (κ2) is 5.41. The van der Waals surface area contributed by atoms with Crippen LogP contribution >= 0.6 is 0 Å². The van der Waals surface area contributed by atoms with Gasteiger partial charge in [0.2, 0.25) is 0 Å². The van der Waals surface area contributed by atoms with Gasteiger partial charge < -0.3 is 15.2 Å². The Balaban J connectivity index is 1.66. The Hall–Kier alpha value is -2.00. The molecule has 0 spiro atoms. The molecule has 0 aromatic heterocycles. The highest BCUT2D eigenvalue weighted by Gasteiger charge is 2.29. The number of fused-ring (bicyclic) bond motifs is 1. The Morgan fingerprint density at radius 3 is 2.52 bits per heavy atom. The normalized spacial score (nSPS) is 15.4. The first-order valence-corrected chi connectivity index (χ1v) is 7.30. The summed E-state index contributed by atoms with van der Waals surface area (Å²) in [7, 11) is 0. The number of aliphatic hydroxyl groups excluding tert-OH is 1. The average molecular weight is 283 g/mol. The molecule has 0 saturated carbocycles. The lowest BCUT2D eigenvalue weighted by molar-refractivity contribution is 0.138. The lowest BCUT2D eigenvalue weighted by Crippen LogP contribution is -2.24. The first-order chi connectivity index (χ1) is 10.1. The van der Waals surface area contributed by atoms with Crippen molar-refractivity contribution in [1.29, 1.82) is 0 Å². The molecule has 110 valence electrons. The van der Waals surface area contributed by atoms with Crippen LogP contribution in [0.5, 0.6) is 5.75 Å². The zero-order valence-corrected chi connectivity index (χ0v) is 12.5. The maximum atomic E-state index is 9.04. The number of rotatable bonds is 4. The zero-order valence-electron chi connectivity index (χ0n) is 12.5. The van der Waals surface area contributed by atoms with Crippen LogP contribution in [0.1, 0.15) is 30.5 Å². The molecule has 0 fully saturated rings. The molecule has 2 aromatic rings. The first-order valence-electron chi connectivity index (χ1n) is 7.30. The van der Waals surface area contributed by atoms with Crippen molar-refractivity contribution in [2.24, 2.45) is 0 Å². The molecule has 1 heterocycles. The van der Waals surface area contributed by atoms with Crippen LogP contribution in [-0.2, 0) is 19.6 Å². The molecule has 21 heavy (non-hydrogen) atoms. The fraction of sp³-hybridized carbons (Fsp3) is 0.333. The second-order valence-electron chi connectivity index (χ2n) is 6.19. The van der Waals surface area contributed by atoms with E-state index in [0.29, 0.717) is 0 Å². The van der Waals surface area contributed by atoms with Crippen molar-refractivity contribution in [3.63, 3.8) is 0 Å². The lowest BCUT2D eigenvalue weighted by Gasteiger charge is -2.16. The third-order valence-corrected chi connectivity index (χ3v) is 3.76. The van der Waals surface area contributed by atoms with E-state index in [1.807, 2.05) is 24.3 Å². The molecule has 1 aliphatic rings. The van der Waals surface area contributed by atoms with E-state index in [1.54, 1.807) is 0 Å². The molecule has 2 N–H and O–H groups in total. The van der Waals surface area contributed by atoms with E-state index >= 15 is 0 Å². The smallest absolute Gasteiger partial charge is 0.123 e. The maximum Gasteiger partial charge on any atom is 0.123 e. The van der Waals surface area contributed by atoms with E-state index in [0.717, 1.165) is 30.0 Å². The molecule has 0 bridgehead atoms. The monoisotopic (exact) mass is 283 g/mol. The maximum absolute atomic E-state index is 9.04. The van der Waals surface area contributed by atoms with Gasteiger partial charge in [0.05, 0.1) is 6.61 Å². The number of ether oxygens (including phenoxy) is 1. The Kier molecular flexibility index (Phi) is 3.60. The van der Waals surface area contributed by atoms with Crippen LogP contribution in [0.15, 0.2) is 42.5 Å². The van der Waals surface area contributed by atoms with E-state index in [2.05, 4.69) is 37.4 Å². The van der Waals surface area contributed by atoms with Gasteiger partial charge >= 0.3 is 0 Å². The SMILES string of the molecule is CC1(C)Cc2cc(CNc3ccc(CO)cc3)ccc2O1. The summed E-state index contributed by atoms with van der Waals surface area (Å²) in [5.41, 5.74) is 4.44. The Morgan fingerprint density at radius 1 is 1.10 bits per heavy atom. The number of hydrogen-bond donors (Lipinski definition) is 2. The summed E-state index contributed by atoms with van der Waals surface area (Å²) in [5, 5.41) is 12.4. The lowest BCUT2D eigenvalue weighted by atomic mass is 10.0. The van der Waals surface area contributed by atoms with Crippen LogP contribution in [0.2, 0.25) is 0 Å². The van der Waals surface area contributed by atoms with Gasteiger partial charge in [-0.05, 0) is 48.7 Å². The van der Waals surface area contributed by atoms with Gasteiger partial charge in [0.15, 0.2) is 0 Å². The van der Waals surface area contributed by atoms with Crippen LogP contribution in [-0.4, -0.2) is 10.7 Å². The molecule has 0 aliphatic carbocycles. The topological polar surface area (TPSA) is 41.5 Å². The van der Waals surface area contributed by atoms with Crippen LogP contribution in [0, 0.1) is 0 Å². The molecular weight excluding hydrogens is 262 g/mol. The van der Waals surface area contributed by atoms with Crippen molar-refractivity contribution in [3.8, 4) is 5.75 Å². The highest BCUT2D eigenvalue weighted by Crippen LogP contribution is 2.35. The van der Waals surface area contributed by atoms with Gasteiger partial charge in [0, 0.05) is 18.7 Å². The number of benzene rings is 2. The Labute approximate surface area is 125 Å². The summed E-state index contributed by atoms with van der Waals surface area (Å²) in [6, 6.07) is 14.2. The van der Waals surface area contributed by atoms with Gasteiger partial charge in [-0.3, -0.25) is 0 Å². The van der Waals surface area contributed by atoms with E-state index in [9.17, 15) is 0 Å². The van der Waals surface area contributed by atoms with Crippen LogP contribution in [0.4, 0.5) is 5.69 Å². The molecule has 0 unspecified atom stereocenters. The summed E-state index contributed by atoms with van der Waals surface area (Å²) in [6.45, 7) is 5.11. The molecule has 1 aliphatic heterocycles. The zero-order chi connectivity index (χ0) is 14.9. The molecule has 3 nitrogen and oxygen atoms in total. The number of anilines is 1. The highest BCUT2D eigenvalue weighted by molar-refractivity contribution is 5.47. The van der Waals surface area contributed by atoms with Crippen molar-refractivity contribution in [2.45, 2.75) is 39.0 Å². The molecule has 3 heteroatoms. The average Bonchev–Trinajstić information content (AvgIpc) is 2.78. The number of aliphatic hydroxyl groups is 1. The van der Waals surface area contributed by atoms with Gasteiger partial charge in [-0.15, -0.1) is 0 Å². The minimum atomic E-state index is -0.0888. The van der Waals surface area contributed by atoms with Gasteiger partial charge in [-0.25, -0.2) is 0 Å². The first kappa shape index (κ1) is 14.0. The molecular formula is C18H21NO2. The molecule has 2 aromatic carbocycles. The summed E-state index contributed by atoms with van der Waals surface area (Å²) in [4.78, 5) is 0. The third-order valence-electron chi connectivity index (χ3n) is 3.76. The summed E-state index contributed by atoms with van der Waals surface area (Å²) < 4.78 is 5.89. The third kappa shape index (κ3) is 3.19. The predicted molar refractivity (Wildman–Crippen MR) is 84.5 cm³/mol. The van der Waals surface area contributed by atoms with Crippen LogP contribution < -0.4 is 10.1 Å². The Morgan fingerprint density at radius 2 is 1.81 bits per heavy atom. The largest absolute Gasteiger partial charge is 0.487 e. The predicted octanol–water partition coefficient (Wildman–Crippen LogP) is 3.50. The molecule has 0 atom stereocenters. The van der Waals surface area contributed by atoms with Gasteiger partial charge in [0.1, 0.15) is 11.4 Å².